The van der Waals surface area contributed by atoms with Crippen molar-refractivity contribution in [3.8, 4) is 0 Å². The molecule has 1 fully saturated rings. The SMILES string of the molecule is CCN(CC(=O)NCCC(C)C)C1(CN)CCCC1. The van der Waals surface area contributed by atoms with Gasteiger partial charge in [-0.2, -0.15) is 0 Å². The summed E-state index contributed by atoms with van der Waals surface area (Å²) in [5, 5.41) is 3.02. The Balaban J connectivity index is 2.44. The number of hydrogen-bond donors (Lipinski definition) is 2. The molecule has 4 heteroatoms. The van der Waals surface area contributed by atoms with Crippen molar-refractivity contribution in [3.63, 3.8) is 0 Å². The van der Waals surface area contributed by atoms with Crippen molar-refractivity contribution in [1.82, 2.24) is 10.2 Å². The van der Waals surface area contributed by atoms with Crippen LogP contribution in [-0.2, 0) is 4.79 Å². The molecular formula is C15H31N3O. The first-order valence-electron chi connectivity index (χ1n) is 7.76. The number of nitrogens with one attached hydrogen (secondary N) is 1. The zero-order chi connectivity index (χ0) is 14.3. The first-order chi connectivity index (χ1) is 9.04. The highest BCUT2D eigenvalue weighted by Gasteiger charge is 2.38. The lowest BCUT2D eigenvalue weighted by molar-refractivity contribution is -0.123. The van der Waals surface area contributed by atoms with Gasteiger partial charge in [0.05, 0.1) is 6.54 Å². The molecule has 0 radical (unpaired) electrons. The van der Waals surface area contributed by atoms with E-state index < -0.39 is 0 Å². The molecule has 0 aliphatic heterocycles. The van der Waals surface area contributed by atoms with Crippen molar-refractivity contribution in [2.24, 2.45) is 11.7 Å². The number of amides is 1. The maximum Gasteiger partial charge on any atom is 0.234 e. The van der Waals surface area contributed by atoms with E-state index in [2.05, 4.69) is 31.0 Å². The lowest BCUT2D eigenvalue weighted by Crippen LogP contribution is -2.55. The number of nitrogens with two attached hydrogens (primary N) is 1. The average Bonchev–Trinajstić information content (AvgIpc) is 2.85. The molecule has 4 nitrogen and oxygen atoms in total. The minimum atomic E-state index is 0.0735. The monoisotopic (exact) mass is 269 g/mol. The van der Waals surface area contributed by atoms with Gasteiger partial charge in [-0.3, -0.25) is 9.69 Å². The fourth-order valence-corrected chi connectivity index (χ4v) is 3.03. The molecule has 0 bridgehead atoms. The van der Waals surface area contributed by atoms with E-state index >= 15 is 0 Å². The molecule has 0 aromatic carbocycles. The van der Waals surface area contributed by atoms with Crippen LogP contribution in [0, 0.1) is 5.92 Å². The zero-order valence-corrected chi connectivity index (χ0v) is 12.9. The fourth-order valence-electron chi connectivity index (χ4n) is 3.03. The van der Waals surface area contributed by atoms with Gasteiger partial charge in [-0.1, -0.05) is 33.6 Å². The van der Waals surface area contributed by atoms with Crippen LogP contribution in [0.5, 0.6) is 0 Å². The lowest BCUT2D eigenvalue weighted by atomic mass is 9.95. The van der Waals surface area contributed by atoms with E-state index in [0.717, 1.165) is 32.4 Å². The van der Waals surface area contributed by atoms with Crippen LogP contribution in [-0.4, -0.2) is 42.5 Å². The van der Waals surface area contributed by atoms with E-state index in [9.17, 15) is 4.79 Å². The van der Waals surface area contributed by atoms with Crippen LogP contribution >= 0.6 is 0 Å². The summed E-state index contributed by atoms with van der Waals surface area (Å²) in [5.74, 6) is 0.773. The van der Waals surface area contributed by atoms with Gasteiger partial charge in [0, 0.05) is 18.6 Å². The van der Waals surface area contributed by atoms with Gasteiger partial charge < -0.3 is 11.1 Å². The summed E-state index contributed by atoms with van der Waals surface area (Å²) < 4.78 is 0. The molecule has 112 valence electrons. The summed E-state index contributed by atoms with van der Waals surface area (Å²) in [7, 11) is 0. The quantitative estimate of drug-likeness (QED) is 0.706. The molecule has 0 aromatic rings. The molecule has 0 unspecified atom stereocenters. The first kappa shape index (κ1) is 16.4. The Morgan fingerprint density at radius 2 is 2.00 bits per heavy atom. The second-order valence-corrected chi connectivity index (χ2v) is 6.18. The summed E-state index contributed by atoms with van der Waals surface area (Å²) >= 11 is 0. The third-order valence-electron chi connectivity index (χ3n) is 4.35. The Bertz CT molecular complexity index is 273. The minimum absolute atomic E-state index is 0.0735. The third kappa shape index (κ3) is 4.77. The van der Waals surface area contributed by atoms with Gasteiger partial charge in [0.15, 0.2) is 0 Å². The van der Waals surface area contributed by atoms with Crippen LogP contribution in [0.2, 0.25) is 0 Å². The van der Waals surface area contributed by atoms with Crippen LogP contribution in [0.4, 0.5) is 0 Å². The Labute approximate surface area is 118 Å². The minimum Gasteiger partial charge on any atom is -0.355 e. The number of hydrogen-bond acceptors (Lipinski definition) is 3. The van der Waals surface area contributed by atoms with Gasteiger partial charge in [-0.05, 0) is 31.7 Å². The fraction of sp³-hybridized carbons (Fsp3) is 0.933. The van der Waals surface area contributed by atoms with Crippen LogP contribution in [0.1, 0.15) is 52.9 Å². The summed E-state index contributed by atoms with van der Waals surface area (Å²) in [6, 6.07) is 0. The standard InChI is InChI=1S/C15H31N3O/c1-4-18(15(12-16)8-5-6-9-15)11-14(19)17-10-7-13(2)3/h13H,4-12,16H2,1-3H3,(H,17,19). The van der Waals surface area contributed by atoms with Crippen molar-refractivity contribution in [2.45, 2.75) is 58.4 Å². The molecule has 0 saturated heterocycles. The number of carbonyl (C=O) groups excluding carboxylic acids is 1. The number of rotatable bonds is 8. The predicted molar refractivity (Wildman–Crippen MR) is 80.0 cm³/mol. The van der Waals surface area contributed by atoms with E-state index in [4.69, 9.17) is 5.73 Å². The molecule has 19 heavy (non-hydrogen) atoms. The molecule has 0 atom stereocenters. The molecule has 3 N–H and O–H groups in total. The molecule has 1 aliphatic carbocycles. The number of carbonyl (C=O) groups is 1. The summed E-state index contributed by atoms with van der Waals surface area (Å²) in [6.07, 6.45) is 5.79. The summed E-state index contributed by atoms with van der Waals surface area (Å²) in [4.78, 5) is 14.3. The van der Waals surface area contributed by atoms with E-state index in [1.165, 1.54) is 12.8 Å². The van der Waals surface area contributed by atoms with Gasteiger partial charge in [-0.25, -0.2) is 0 Å². The highest BCUT2D eigenvalue weighted by molar-refractivity contribution is 5.78. The number of nitrogens with zero attached hydrogens (tertiary/aromatic N) is 1. The van der Waals surface area contributed by atoms with Gasteiger partial charge in [0.1, 0.15) is 0 Å². The smallest absolute Gasteiger partial charge is 0.234 e. The van der Waals surface area contributed by atoms with Crippen LogP contribution in [0.25, 0.3) is 0 Å². The number of likely N-dealkylation sites (N-methyl/N-ethyl adjacent to an activating group) is 1. The van der Waals surface area contributed by atoms with Crippen molar-refractivity contribution >= 4 is 5.91 Å². The molecule has 0 heterocycles. The van der Waals surface area contributed by atoms with Gasteiger partial charge in [0.2, 0.25) is 5.91 Å². The Morgan fingerprint density at radius 3 is 2.47 bits per heavy atom. The van der Waals surface area contributed by atoms with E-state index in [1.54, 1.807) is 0 Å². The van der Waals surface area contributed by atoms with Gasteiger partial charge >= 0.3 is 0 Å². The van der Waals surface area contributed by atoms with Crippen molar-refractivity contribution in [1.29, 1.82) is 0 Å². The van der Waals surface area contributed by atoms with Gasteiger partial charge in [-0.15, -0.1) is 0 Å². The predicted octanol–water partition coefficient (Wildman–Crippen LogP) is 1.74. The molecule has 1 amide bonds. The van der Waals surface area contributed by atoms with Crippen LogP contribution in [0.15, 0.2) is 0 Å². The molecule has 1 saturated carbocycles. The molecule has 1 aliphatic rings. The average molecular weight is 269 g/mol. The second kappa shape index (κ2) is 7.85. The van der Waals surface area contributed by atoms with E-state index in [1.807, 2.05) is 0 Å². The highest BCUT2D eigenvalue weighted by atomic mass is 16.2. The summed E-state index contributed by atoms with van der Waals surface area (Å²) in [5.41, 5.74) is 6.06. The zero-order valence-electron chi connectivity index (χ0n) is 12.9. The van der Waals surface area contributed by atoms with Crippen molar-refractivity contribution < 1.29 is 4.79 Å². The third-order valence-corrected chi connectivity index (χ3v) is 4.35. The Morgan fingerprint density at radius 1 is 1.37 bits per heavy atom. The summed E-state index contributed by atoms with van der Waals surface area (Å²) in [6.45, 7) is 9.31. The van der Waals surface area contributed by atoms with Crippen molar-refractivity contribution in [3.05, 3.63) is 0 Å². The molecule has 0 spiro atoms. The second-order valence-electron chi connectivity index (χ2n) is 6.18. The topological polar surface area (TPSA) is 58.4 Å². The van der Waals surface area contributed by atoms with Crippen LogP contribution in [0.3, 0.4) is 0 Å². The van der Waals surface area contributed by atoms with E-state index in [-0.39, 0.29) is 11.4 Å². The van der Waals surface area contributed by atoms with Crippen molar-refractivity contribution in [2.75, 3.05) is 26.2 Å². The highest BCUT2D eigenvalue weighted by Crippen LogP contribution is 2.34. The van der Waals surface area contributed by atoms with Gasteiger partial charge in [0.25, 0.3) is 0 Å². The maximum atomic E-state index is 12.0. The van der Waals surface area contributed by atoms with E-state index in [0.29, 0.717) is 19.0 Å². The van der Waals surface area contributed by atoms with Crippen LogP contribution < -0.4 is 11.1 Å². The molecular weight excluding hydrogens is 238 g/mol. The lowest BCUT2D eigenvalue weighted by Gasteiger charge is -2.39. The Kier molecular flexibility index (Phi) is 6.80. The first-order valence-corrected chi connectivity index (χ1v) is 7.76. The maximum absolute atomic E-state index is 12.0. The molecule has 1 rings (SSSR count). The largest absolute Gasteiger partial charge is 0.355 e. The normalized spacial score (nSPS) is 18.2. The molecule has 0 aromatic heterocycles. The Hall–Kier alpha value is -0.610.